The van der Waals surface area contributed by atoms with Crippen LogP contribution in [0.4, 0.5) is 0 Å². The van der Waals surface area contributed by atoms with Gasteiger partial charge in [-0.05, 0) is 12.8 Å². The van der Waals surface area contributed by atoms with E-state index in [1.54, 1.807) is 0 Å². The van der Waals surface area contributed by atoms with E-state index in [-0.39, 0.29) is 5.91 Å². The Kier molecular flexibility index (Phi) is 4.50. The maximum absolute atomic E-state index is 11.9. The van der Waals surface area contributed by atoms with Gasteiger partial charge in [-0.15, -0.1) is 0 Å². The van der Waals surface area contributed by atoms with Crippen molar-refractivity contribution in [3.8, 4) is 0 Å². The van der Waals surface area contributed by atoms with Crippen LogP contribution in [0.1, 0.15) is 26.7 Å². The molecule has 0 aromatic carbocycles. The lowest BCUT2D eigenvalue weighted by Gasteiger charge is -2.32. The van der Waals surface area contributed by atoms with Gasteiger partial charge in [-0.1, -0.05) is 13.8 Å². The Balaban J connectivity index is 2.45. The fourth-order valence-corrected chi connectivity index (χ4v) is 1.50. The summed E-state index contributed by atoms with van der Waals surface area (Å²) in [6.45, 7) is 6.65. The molecular formula is C10H21N3O2. The minimum absolute atomic E-state index is 0.0885. The quantitative estimate of drug-likeness (QED) is 0.685. The molecule has 1 heterocycles. The number of hydrazine groups is 1. The van der Waals surface area contributed by atoms with Gasteiger partial charge < -0.3 is 10.5 Å². The SMILES string of the molecule is CCC(N)(CC)C(=O)NN1CCOCC1. The Morgan fingerprint density at radius 1 is 1.40 bits per heavy atom. The van der Waals surface area contributed by atoms with Crippen molar-refractivity contribution in [3.05, 3.63) is 0 Å². The Morgan fingerprint density at radius 3 is 2.40 bits per heavy atom. The molecule has 0 radical (unpaired) electrons. The lowest BCUT2D eigenvalue weighted by molar-refractivity contribution is -0.133. The number of nitrogens with one attached hydrogen (secondary N) is 1. The molecule has 1 fully saturated rings. The normalized spacial score (nSPS) is 18.9. The minimum Gasteiger partial charge on any atom is -0.379 e. The molecule has 15 heavy (non-hydrogen) atoms. The van der Waals surface area contributed by atoms with Crippen LogP contribution >= 0.6 is 0 Å². The molecule has 0 aromatic heterocycles. The van der Waals surface area contributed by atoms with E-state index in [2.05, 4.69) is 5.43 Å². The number of morpholine rings is 1. The van der Waals surface area contributed by atoms with Crippen LogP contribution in [0.2, 0.25) is 0 Å². The van der Waals surface area contributed by atoms with Gasteiger partial charge in [-0.3, -0.25) is 10.2 Å². The molecule has 0 aromatic rings. The van der Waals surface area contributed by atoms with Gasteiger partial charge in [0.25, 0.3) is 5.91 Å². The maximum Gasteiger partial charge on any atom is 0.254 e. The number of ether oxygens (including phenoxy) is 1. The number of rotatable bonds is 4. The highest BCUT2D eigenvalue weighted by molar-refractivity contribution is 5.85. The Morgan fingerprint density at radius 2 is 1.93 bits per heavy atom. The number of hydrogen-bond donors (Lipinski definition) is 2. The van der Waals surface area contributed by atoms with Crippen molar-refractivity contribution in [3.63, 3.8) is 0 Å². The van der Waals surface area contributed by atoms with Crippen LogP contribution < -0.4 is 11.2 Å². The molecule has 5 nitrogen and oxygen atoms in total. The fraction of sp³-hybridized carbons (Fsp3) is 0.900. The van der Waals surface area contributed by atoms with Crippen LogP contribution in [0, 0.1) is 0 Å². The molecule has 0 bridgehead atoms. The summed E-state index contributed by atoms with van der Waals surface area (Å²) in [6, 6.07) is 0. The predicted octanol–water partition coefficient (Wildman–Crippen LogP) is -0.133. The molecule has 0 saturated carbocycles. The maximum atomic E-state index is 11.9. The third-order valence-corrected chi connectivity index (χ3v) is 2.98. The van der Waals surface area contributed by atoms with E-state index in [4.69, 9.17) is 10.5 Å². The van der Waals surface area contributed by atoms with Gasteiger partial charge in [0.05, 0.1) is 18.8 Å². The summed E-state index contributed by atoms with van der Waals surface area (Å²) in [7, 11) is 0. The molecule has 1 aliphatic rings. The summed E-state index contributed by atoms with van der Waals surface area (Å²) < 4.78 is 5.20. The van der Waals surface area contributed by atoms with Gasteiger partial charge >= 0.3 is 0 Å². The van der Waals surface area contributed by atoms with Crippen LogP contribution in [0.3, 0.4) is 0 Å². The molecule has 0 aliphatic carbocycles. The van der Waals surface area contributed by atoms with E-state index < -0.39 is 5.54 Å². The first-order valence-corrected chi connectivity index (χ1v) is 5.55. The van der Waals surface area contributed by atoms with E-state index in [0.29, 0.717) is 26.1 Å². The van der Waals surface area contributed by atoms with Crippen LogP contribution in [0.5, 0.6) is 0 Å². The average Bonchev–Trinajstić information content (AvgIpc) is 2.29. The van der Waals surface area contributed by atoms with Crippen LogP contribution in [0.25, 0.3) is 0 Å². The molecule has 1 rings (SSSR count). The number of carbonyl (C=O) groups excluding carboxylic acids is 1. The summed E-state index contributed by atoms with van der Waals surface area (Å²) in [4.78, 5) is 11.9. The lowest BCUT2D eigenvalue weighted by atomic mass is 9.93. The molecule has 0 atom stereocenters. The molecular weight excluding hydrogens is 194 g/mol. The first-order valence-electron chi connectivity index (χ1n) is 5.55. The first kappa shape index (κ1) is 12.4. The van der Waals surface area contributed by atoms with E-state index >= 15 is 0 Å². The van der Waals surface area contributed by atoms with Crippen LogP contribution in [-0.4, -0.2) is 42.8 Å². The van der Waals surface area contributed by atoms with Gasteiger partial charge in [0.2, 0.25) is 0 Å². The van der Waals surface area contributed by atoms with Crippen molar-refractivity contribution in [1.82, 2.24) is 10.4 Å². The zero-order chi connectivity index (χ0) is 11.3. The third kappa shape index (κ3) is 3.15. The predicted molar refractivity (Wildman–Crippen MR) is 58.0 cm³/mol. The highest BCUT2D eigenvalue weighted by Gasteiger charge is 2.31. The fourth-order valence-electron chi connectivity index (χ4n) is 1.50. The minimum atomic E-state index is -0.738. The van der Waals surface area contributed by atoms with Gasteiger partial charge in [0.1, 0.15) is 0 Å². The van der Waals surface area contributed by atoms with Gasteiger partial charge in [0.15, 0.2) is 0 Å². The van der Waals surface area contributed by atoms with Gasteiger partial charge in [0, 0.05) is 13.1 Å². The van der Waals surface area contributed by atoms with Crippen molar-refractivity contribution in [2.45, 2.75) is 32.2 Å². The number of carbonyl (C=O) groups is 1. The summed E-state index contributed by atoms with van der Waals surface area (Å²) in [6.07, 6.45) is 1.30. The largest absolute Gasteiger partial charge is 0.379 e. The van der Waals surface area contributed by atoms with Crippen molar-refractivity contribution >= 4 is 5.91 Å². The van der Waals surface area contributed by atoms with Gasteiger partial charge in [-0.25, -0.2) is 5.01 Å². The van der Waals surface area contributed by atoms with E-state index in [0.717, 1.165) is 13.1 Å². The summed E-state index contributed by atoms with van der Waals surface area (Å²) in [5.74, 6) is -0.0885. The second kappa shape index (κ2) is 5.44. The molecule has 1 aliphatic heterocycles. The van der Waals surface area contributed by atoms with E-state index in [1.807, 2.05) is 18.9 Å². The lowest BCUT2D eigenvalue weighted by Crippen LogP contribution is -2.59. The second-order valence-electron chi connectivity index (χ2n) is 3.90. The van der Waals surface area contributed by atoms with Gasteiger partial charge in [-0.2, -0.15) is 0 Å². The monoisotopic (exact) mass is 215 g/mol. The van der Waals surface area contributed by atoms with Crippen molar-refractivity contribution in [1.29, 1.82) is 0 Å². The Bertz CT molecular complexity index is 211. The van der Waals surface area contributed by atoms with Crippen molar-refractivity contribution in [2.75, 3.05) is 26.3 Å². The highest BCUT2D eigenvalue weighted by Crippen LogP contribution is 2.11. The number of amides is 1. The summed E-state index contributed by atoms with van der Waals surface area (Å²) in [5.41, 5.74) is 8.10. The molecule has 3 N–H and O–H groups in total. The van der Waals surface area contributed by atoms with Crippen molar-refractivity contribution in [2.24, 2.45) is 5.73 Å². The molecule has 0 unspecified atom stereocenters. The molecule has 88 valence electrons. The van der Waals surface area contributed by atoms with E-state index in [1.165, 1.54) is 0 Å². The Labute approximate surface area is 90.9 Å². The number of nitrogens with two attached hydrogens (primary N) is 1. The topological polar surface area (TPSA) is 67.6 Å². The zero-order valence-electron chi connectivity index (χ0n) is 9.58. The molecule has 0 spiro atoms. The molecule has 1 amide bonds. The number of hydrogen-bond acceptors (Lipinski definition) is 4. The van der Waals surface area contributed by atoms with Crippen LogP contribution in [0.15, 0.2) is 0 Å². The average molecular weight is 215 g/mol. The van der Waals surface area contributed by atoms with Crippen LogP contribution in [-0.2, 0) is 9.53 Å². The summed E-state index contributed by atoms with van der Waals surface area (Å²) in [5, 5.41) is 1.87. The standard InChI is InChI=1S/C10H21N3O2/c1-3-10(11,4-2)9(14)12-13-5-7-15-8-6-13/h3-8,11H2,1-2H3,(H,12,14). The first-order chi connectivity index (χ1) is 7.12. The molecule has 1 saturated heterocycles. The second-order valence-corrected chi connectivity index (χ2v) is 3.90. The Hall–Kier alpha value is -0.650. The van der Waals surface area contributed by atoms with E-state index in [9.17, 15) is 4.79 Å². The smallest absolute Gasteiger partial charge is 0.254 e. The molecule has 5 heteroatoms. The number of nitrogens with zero attached hydrogens (tertiary/aromatic N) is 1. The summed E-state index contributed by atoms with van der Waals surface area (Å²) >= 11 is 0. The zero-order valence-corrected chi connectivity index (χ0v) is 9.58. The van der Waals surface area contributed by atoms with Crippen molar-refractivity contribution < 1.29 is 9.53 Å². The highest BCUT2D eigenvalue weighted by atomic mass is 16.5. The third-order valence-electron chi connectivity index (χ3n) is 2.98.